The van der Waals surface area contributed by atoms with E-state index in [1.807, 2.05) is 18.2 Å². The molecule has 0 atom stereocenters. The Balaban J connectivity index is 2.08. The molecule has 0 amide bonds. The molecule has 0 spiro atoms. The molecule has 2 N–H and O–H groups in total. The Morgan fingerprint density at radius 1 is 1.42 bits per heavy atom. The van der Waals surface area contributed by atoms with Gasteiger partial charge in [-0.2, -0.15) is 0 Å². The van der Waals surface area contributed by atoms with E-state index in [9.17, 15) is 0 Å². The van der Waals surface area contributed by atoms with Crippen molar-refractivity contribution in [2.45, 2.75) is 17.3 Å². The van der Waals surface area contributed by atoms with Crippen molar-refractivity contribution in [3.05, 3.63) is 45.9 Å². The highest BCUT2D eigenvalue weighted by Crippen LogP contribution is 2.27. The van der Waals surface area contributed by atoms with Gasteiger partial charge in [0.05, 0.1) is 22.9 Å². The lowest BCUT2D eigenvalue weighted by Gasteiger charge is -1.97. The van der Waals surface area contributed by atoms with E-state index in [-0.39, 0.29) is 0 Å². The van der Waals surface area contributed by atoms with Gasteiger partial charge in [-0.25, -0.2) is 4.98 Å². The van der Waals surface area contributed by atoms with Crippen LogP contribution < -0.4 is 5.73 Å². The molecule has 0 aliphatic carbocycles. The fourth-order valence-electron chi connectivity index (χ4n) is 1.55. The van der Waals surface area contributed by atoms with Crippen molar-refractivity contribution in [3.63, 3.8) is 0 Å². The average Bonchev–Trinajstić information content (AvgIpc) is 2.81. The van der Waals surface area contributed by atoms with E-state index in [0.717, 1.165) is 21.3 Å². The highest BCUT2D eigenvalue weighted by Gasteiger charge is 2.13. The van der Waals surface area contributed by atoms with E-state index in [0.29, 0.717) is 11.6 Å². The highest BCUT2D eigenvalue weighted by atomic mass is 32.2. The van der Waals surface area contributed by atoms with Gasteiger partial charge >= 0.3 is 0 Å². The van der Waals surface area contributed by atoms with E-state index in [1.54, 1.807) is 30.2 Å². The third-order valence-electron chi connectivity index (χ3n) is 2.35. The number of hydrogen-bond donors (Lipinski definition) is 1. The zero-order valence-electron chi connectivity index (χ0n) is 10.5. The molecule has 1 aromatic carbocycles. The second kappa shape index (κ2) is 7.00. The van der Waals surface area contributed by atoms with Gasteiger partial charge in [0.25, 0.3) is 0 Å². The van der Waals surface area contributed by atoms with Gasteiger partial charge in [-0.3, -0.25) is 0 Å². The highest BCUT2D eigenvalue weighted by molar-refractivity contribution is 7.98. The molecule has 0 saturated carbocycles. The number of rotatable bonds is 6. The van der Waals surface area contributed by atoms with Crippen molar-refractivity contribution in [2.24, 2.45) is 5.73 Å². The van der Waals surface area contributed by atoms with E-state index >= 15 is 0 Å². The van der Waals surface area contributed by atoms with Crippen molar-refractivity contribution in [2.75, 3.05) is 7.11 Å². The molecule has 2 rings (SSSR count). The maximum absolute atomic E-state index is 5.70. The lowest BCUT2D eigenvalue weighted by molar-refractivity contribution is 0.182. The number of thioether (sulfide) groups is 1. The lowest BCUT2D eigenvalue weighted by atomic mass is 10.4. The van der Waals surface area contributed by atoms with Crippen molar-refractivity contribution in [3.8, 4) is 0 Å². The molecule has 6 heteroatoms. The third kappa shape index (κ3) is 4.01. The summed E-state index contributed by atoms with van der Waals surface area (Å²) in [5.41, 5.74) is 6.54. The van der Waals surface area contributed by atoms with Gasteiger partial charge in [0, 0.05) is 12.0 Å². The summed E-state index contributed by atoms with van der Waals surface area (Å²) in [5.74, 6) is 0.813. The van der Waals surface area contributed by atoms with E-state index in [4.69, 9.17) is 22.7 Å². The van der Waals surface area contributed by atoms with Gasteiger partial charge in [-0.15, -0.1) is 23.1 Å². The molecule has 19 heavy (non-hydrogen) atoms. The van der Waals surface area contributed by atoms with Gasteiger partial charge in [0.1, 0.15) is 10.00 Å². The molecule has 0 radical (unpaired) electrons. The molecule has 1 aromatic heterocycles. The monoisotopic (exact) mass is 310 g/mol. The maximum Gasteiger partial charge on any atom is 0.116 e. The van der Waals surface area contributed by atoms with Crippen LogP contribution in [0.2, 0.25) is 0 Å². The summed E-state index contributed by atoms with van der Waals surface area (Å²) in [6.45, 7) is 0.444. The first kappa shape index (κ1) is 14.5. The number of methoxy groups -OCH3 is 1. The van der Waals surface area contributed by atoms with Crippen LogP contribution in [-0.2, 0) is 17.1 Å². The third-order valence-corrected chi connectivity index (χ3v) is 5.02. The van der Waals surface area contributed by atoms with Gasteiger partial charge in [0.15, 0.2) is 0 Å². The number of aromatic nitrogens is 1. The molecule has 1 heterocycles. The number of nitrogens with two attached hydrogens (primary N) is 1. The second-order valence-corrected chi connectivity index (χ2v) is 6.35. The first-order valence-corrected chi connectivity index (χ1v) is 7.87. The van der Waals surface area contributed by atoms with Crippen LogP contribution in [0, 0.1) is 0 Å². The number of thiocarbonyl (C=S) groups is 1. The minimum atomic E-state index is 0.389. The fraction of sp³-hybridized carbons (Fsp3) is 0.231. The SMILES string of the molecule is COCc1nc(CSc2ccccc2)sc1C(N)=S. The summed E-state index contributed by atoms with van der Waals surface area (Å²) >= 11 is 8.34. The molecule has 0 bridgehead atoms. The summed E-state index contributed by atoms with van der Waals surface area (Å²) in [6, 6.07) is 10.2. The minimum Gasteiger partial charge on any atom is -0.389 e. The van der Waals surface area contributed by atoms with Crippen LogP contribution in [0.3, 0.4) is 0 Å². The number of benzene rings is 1. The zero-order chi connectivity index (χ0) is 13.7. The number of nitrogens with zero attached hydrogens (tertiary/aromatic N) is 1. The second-order valence-electron chi connectivity index (χ2n) is 3.78. The molecular formula is C13H14N2OS3. The quantitative estimate of drug-likeness (QED) is 0.656. The largest absolute Gasteiger partial charge is 0.389 e. The van der Waals surface area contributed by atoms with Gasteiger partial charge < -0.3 is 10.5 Å². The summed E-state index contributed by atoms with van der Waals surface area (Å²) in [5, 5.41) is 1.02. The predicted octanol–water partition coefficient (Wildman–Crippen LogP) is 3.22. The Labute approximate surface area is 126 Å². The van der Waals surface area contributed by atoms with Crippen molar-refractivity contribution in [1.82, 2.24) is 4.98 Å². The summed E-state index contributed by atoms with van der Waals surface area (Å²) in [7, 11) is 1.64. The van der Waals surface area contributed by atoms with Crippen LogP contribution in [0.1, 0.15) is 15.6 Å². The number of thiazole rings is 1. The van der Waals surface area contributed by atoms with E-state index in [1.165, 1.54) is 4.90 Å². The van der Waals surface area contributed by atoms with Gasteiger partial charge in [-0.1, -0.05) is 30.4 Å². The Kier molecular flexibility index (Phi) is 5.33. The topological polar surface area (TPSA) is 48.1 Å². The molecule has 3 nitrogen and oxygen atoms in total. The standard InChI is InChI=1S/C13H14N2OS3/c1-16-7-10-12(13(14)17)19-11(15-10)8-18-9-5-3-2-4-6-9/h2-6H,7-8H2,1H3,(H2,14,17). The van der Waals surface area contributed by atoms with Crippen LogP contribution in [-0.4, -0.2) is 17.1 Å². The summed E-state index contributed by atoms with van der Waals surface area (Å²) in [6.07, 6.45) is 0. The Morgan fingerprint density at radius 2 is 2.16 bits per heavy atom. The average molecular weight is 310 g/mol. The molecular weight excluding hydrogens is 296 g/mol. The fourth-order valence-corrected chi connectivity index (χ4v) is 3.63. The molecule has 0 unspecified atom stereocenters. The molecule has 0 fully saturated rings. The predicted molar refractivity (Wildman–Crippen MR) is 84.7 cm³/mol. The zero-order valence-corrected chi connectivity index (χ0v) is 12.9. The van der Waals surface area contributed by atoms with Crippen LogP contribution in [0.5, 0.6) is 0 Å². The molecule has 100 valence electrons. The van der Waals surface area contributed by atoms with E-state index < -0.39 is 0 Å². The maximum atomic E-state index is 5.70. The lowest BCUT2D eigenvalue weighted by Crippen LogP contribution is -2.10. The van der Waals surface area contributed by atoms with Crippen molar-refractivity contribution < 1.29 is 4.74 Å². The first-order chi connectivity index (χ1) is 9.20. The first-order valence-electron chi connectivity index (χ1n) is 5.66. The summed E-state index contributed by atoms with van der Waals surface area (Å²) in [4.78, 5) is 7.02. The van der Waals surface area contributed by atoms with Crippen molar-refractivity contribution >= 4 is 40.3 Å². The number of ether oxygens (including phenoxy) is 1. The molecule has 0 aliphatic rings. The number of hydrogen-bond acceptors (Lipinski definition) is 5. The van der Waals surface area contributed by atoms with Crippen LogP contribution >= 0.6 is 35.3 Å². The normalized spacial score (nSPS) is 10.6. The Bertz CT molecular complexity index is 554. The minimum absolute atomic E-state index is 0.389. The van der Waals surface area contributed by atoms with Crippen molar-refractivity contribution in [1.29, 1.82) is 0 Å². The summed E-state index contributed by atoms with van der Waals surface area (Å²) < 4.78 is 5.12. The van der Waals surface area contributed by atoms with E-state index in [2.05, 4.69) is 17.1 Å². The van der Waals surface area contributed by atoms with Crippen LogP contribution in [0.15, 0.2) is 35.2 Å². The van der Waals surface area contributed by atoms with Crippen LogP contribution in [0.25, 0.3) is 0 Å². The van der Waals surface area contributed by atoms with Gasteiger partial charge in [-0.05, 0) is 12.1 Å². The van der Waals surface area contributed by atoms with Gasteiger partial charge in [0.2, 0.25) is 0 Å². The Hall–Kier alpha value is -0.950. The molecule has 0 saturated heterocycles. The molecule has 2 aromatic rings. The van der Waals surface area contributed by atoms with Crippen LogP contribution in [0.4, 0.5) is 0 Å². The Morgan fingerprint density at radius 3 is 2.79 bits per heavy atom. The smallest absolute Gasteiger partial charge is 0.116 e. The molecule has 0 aliphatic heterocycles.